The predicted octanol–water partition coefficient (Wildman–Crippen LogP) is 3.60. The van der Waals surface area contributed by atoms with Crippen molar-refractivity contribution in [3.8, 4) is 5.75 Å². The van der Waals surface area contributed by atoms with Gasteiger partial charge in [0.05, 0.1) is 11.1 Å². The zero-order valence-corrected chi connectivity index (χ0v) is 12.4. The van der Waals surface area contributed by atoms with Gasteiger partial charge in [-0.25, -0.2) is 9.59 Å². The van der Waals surface area contributed by atoms with Crippen LogP contribution in [0.5, 0.6) is 5.75 Å². The molecule has 2 aromatic rings. The Morgan fingerprint density at radius 1 is 0.773 bits per heavy atom. The molecule has 0 amide bonds. The average molecular weight is 302 g/mol. The van der Waals surface area contributed by atoms with Crippen LogP contribution in [0.1, 0.15) is 46.0 Å². The molecule has 0 radical (unpaired) electrons. The quantitative estimate of drug-likeness (QED) is 0.805. The van der Waals surface area contributed by atoms with Crippen LogP contribution >= 0.6 is 0 Å². The first-order valence-corrected chi connectivity index (χ1v) is 6.67. The summed E-state index contributed by atoms with van der Waals surface area (Å²) in [5.74, 6) is -1.25. The third-order valence-electron chi connectivity index (χ3n) is 2.94. The fourth-order valence-electron chi connectivity index (χ4n) is 1.61. The molecule has 0 aliphatic carbocycles. The number of phenols is 1. The first kappa shape index (κ1) is 17.2. The van der Waals surface area contributed by atoms with Crippen molar-refractivity contribution in [3.05, 3.63) is 65.2 Å². The monoisotopic (exact) mass is 302 g/mol. The van der Waals surface area contributed by atoms with E-state index in [-0.39, 0.29) is 11.1 Å². The van der Waals surface area contributed by atoms with Gasteiger partial charge in [-0.15, -0.1) is 0 Å². The van der Waals surface area contributed by atoms with Crippen LogP contribution in [0, 0.1) is 0 Å². The van der Waals surface area contributed by atoms with Gasteiger partial charge < -0.3 is 15.3 Å². The smallest absolute Gasteiger partial charge is 0.335 e. The van der Waals surface area contributed by atoms with E-state index in [1.807, 2.05) is 12.1 Å². The molecule has 0 aromatic heterocycles. The minimum atomic E-state index is -1.06. The summed E-state index contributed by atoms with van der Waals surface area (Å²) >= 11 is 0. The number of rotatable bonds is 3. The molecule has 22 heavy (non-hydrogen) atoms. The molecule has 0 aliphatic rings. The summed E-state index contributed by atoms with van der Waals surface area (Å²) in [7, 11) is 0. The number of carboxylic acids is 2. The van der Waals surface area contributed by atoms with Gasteiger partial charge in [-0.3, -0.25) is 0 Å². The van der Waals surface area contributed by atoms with Crippen molar-refractivity contribution in [1.82, 2.24) is 0 Å². The Kier molecular flexibility index (Phi) is 6.13. The largest absolute Gasteiger partial charge is 0.508 e. The van der Waals surface area contributed by atoms with Gasteiger partial charge in [-0.2, -0.15) is 0 Å². The van der Waals surface area contributed by atoms with Crippen LogP contribution in [0.3, 0.4) is 0 Å². The zero-order chi connectivity index (χ0) is 16.7. The summed E-state index contributed by atoms with van der Waals surface area (Å²) < 4.78 is 0. The molecule has 3 N–H and O–H groups in total. The summed E-state index contributed by atoms with van der Waals surface area (Å²) in [5, 5.41) is 25.9. The maximum Gasteiger partial charge on any atom is 0.335 e. The predicted molar refractivity (Wildman–Crippen MR) is 82.6 cm³/mol. The van der Waals surface area contributed by atoms with Crippen LogP contribution < -0.4 is 0 Å². The number of aromatic carboxylic acids is 2. The summed E-state index contributed by atoms with van der Waals surface area (Å²) in [6, 6.07) is 12.3. The summed E-state index contributed by atoms with van der Waals surface area (Å²) in [5.41, 5.74) is 1.43. The van der Waals surface area contributed by atoms with Gasteiger partial charge in [0.1, 0.15) is 5.75 Å². The second kappa shape index (κ2) is 7.83. The minimum absolute atomic E-state index is 0.0833. The highest BCUT2D eigenvalue weighted by molar-refractivity contribution is 5.91. The Hall–Kier alpha value is -2.82. The van der Waals surface area contributed by atoms with Gasteiger partial charge >= 0.3 is 11.9 Å². The van der Waals surface area contributed by atoms with Gasteiger partial charge in [0.25, 0.3) is 0 Å². The zero-order valence-electron chi connectivity index (χ0n) is 12.4. The van der Waals surface area contributed by atoms with Crippen LogP contribution in [0.15, 0.2) is 48.5 Å². The molecule has 0 atom stereocenters. The molecule has 116 valence electrons. The Morgan fingerprint density at radius 2 is 1.14 bits per heavy atom. The maximum absolute atomic E-state index is 10.3. The molecule has 5 nitrogen and oxygen atoms in total. The number of hydrogen-bond donors (Lipinski definition) is 3. The number of hydrogen-bond acceptors (Lipinski definition) is 3. The molecule has 0 unspecified atom stereocenters. The summed E-state index contributed by atoms with van der Waals surface area (Å²) in [6.45, 7) is 4.26. The van der Waals surface area contributed by atoms with Gasteiger partial charge in [-0.1, -0.05) is 26.0 Å². The van der Waals surface area contributed by atoms with Crippen LogP contribution in [0.4, 0.5) is 0 Å². The van der Waals surface area contributed by atoms with Gasteiger partial charge in [-0.05, 0) is 47.9 Å². The highest BCUT2D eigenvalue weighted by atomic mass is 16.4. The normalized spacial score (nSPS) is 9.77. The molecule has 5 heteroatoms. The van der Waals surface area contributed by atoms with E-state index in [4.69, 9.17) is 15.3 Å². The molecule has 0 spiro atoms. The van der Waals surface area contributed by atoms with Crippen molar-refractivity contribution in [2.75, 3.05) is 0 Å². The van der Waals surface area contributed by atoms with Crippen molar-refractivity contribution in [2.24, 2.45) is 0 Å². The number of carboxylic acid groups (broad SMARTS) is 2. The van der Waals surface area contributed by atoms with E-state index in [0.29, 0.717) is 11.7 Å². The van der Waals surface area contributed by atoms with E-state index in [9.17, 15) is 9.59 Å². The van der Waals surface area contributed by atoms with E-state index in [1.54, 1.807) is 12.1 Å². The summed E-state index contributed by atoms with van der Waals surface area (Å²) in [4.78, 5) is 20.7. The van der Waals surface area contributed by atoms with Gasteiger partial charge in [0, 0.05) is 0 Å². The van der Waals surface area contributed by atoms with Gasteiger partial charge in [0.15, 0.2) is 0 Å². The first-order chi connectivity index (χ1) is 10.3. The summed E-state index contributed by atoms with van der Waals surface area (Å²) in [6.07, 6.45) is 0. The Labute approximate surface area is 128 Å². The highest BCUT2D eigenvalue weighted by Crippen LogP contribution is 2.16. The fraction of sp³-hybridized carbons (Fsp3) is 0.176. The lowest BCUT2D eigenvalue weighted by Crippen LogP contribution is -1.99. The van der Waals surface area contributed by atoms with Crippen molar-refractivity contribution in [2.45, 2.75) is 19.8 Å². The number of aromatic hydroxyl groups is 1. The van der Waals surface area contributed by atoms with Crippen LogP contribution in [-0.4, -0.2) is 27.3 Å². The van der Waals surface area contributed by atoms with Crippen LogP contribution in [-0.2, 0) is 0 Å². The highest BCUT2D eigenvalue weighted by Gasteiger charge is 2.04. The molecular formula is C17H18O5. The third kappa shape index (κ3) is 5.28. The second-order valence-corrected chi connectivity index (χ2v) is 4.93. The van der Waals surface area contributed by atoms with Crippen molar-refractivity contribution < 1.29 is 24.9 Å². The lowest BCUT2D eigenvalue weighted by Gasteiger charge is -2.03. The molecule has 0 aliphatic heterocycles. The molecule has 2 aromatic carbocycles. The lowest BCUT2D eigenvalue weighted by atomic mass is 10.0. The number of carbonyl (C=O) groups is 2. The molecular weight excluding hydrogens is 284 g/mol. The topological polar surface area (TPSA) is 94.8 Å². The SMILES string of the molecule is CC(C)c1ccc(O)cc1.O=C(O)c1ccc(C(=O)O)cc1. The maximum atomic E-state index is 10.3. The van der Waals surface area contributed by atoms with E-state index in [1.165, 1.54) is 29.8 Å². The average Bonchev–Trinajstić information content (AvgIpc) is 2.48. The number of phenolic OH excluding ortho intramolecular Hbond substituents is 1. The number of benzene rings is 2. The standard InChI is InChI=1S/C9H12O.C8H6O4/c1-7(2)8-3-5-9(10)6-4-8;9-7(10)5-1-2-6(4-3-5)8(11)12/h3-7,10H,1-2H3;1-4H,(H,9,10)(H,11,12). The Balaban J connectivity index is 0.000000224. The molecule has 0 heterocycles. The second-order valence-electron chi connectivity index (χ2n) is 4.93. The fourth-order valence-corrected chi connectivity index (χ4v) is 1.61. The van der Waals surface area contributed by atoms with Crippen molar-refractivity contribution in [3.63, 3.8) is 0 Å². The molecule has 0 saturated carbocycles. The van der Waals surface area contributed by atoms with E-state index < -0.39 is 11.9 Å². The first-order valence-electron chi connectivity index (χ1n) is 6.67. The van der Waals surface area contributed by atoms with Crippen LogP contribution in [0.25, 0.3) is 0 Å². The lowest BCUT2D eigenvalue weighted by molar-refractivity contribution is 0.0681. The van der Waals surface area contributed by atoms with E-state index in [0.717, 1.165) is 0 Å². The Morgan fingerprint density at radius 3 is 1.41 bits per heavy atom. The van der Waals surface area contributed by atoms with Gasteiger partial charge in [0.2, 0.25) is 0 Å². The van der Waals surface area contributed by atoms with E-state index in [2.05, 4.69) is 13.8 Å². The van der Waals surface area contributed by atoms with E-state index >= 15 is 0 Å². The van der Waals surface area contributed by atoms with Crippen LogP contribution in [0.2, 0.25) is 0 Å². The molecule has 0 saturated heterocycles. The molecule has 0 fully saturated rings. The van der Waals surface area contributed by atoms with Crippen molar-refractivity contribution in [1.29, 1.82) is 0 Å². The minimum Gasteiger partial charge on any atom is -0.508 e. The molecule has 2 rings (SSSR count). The Bertz CT molecular complexity index is 594. The third-order valence-corrected chi connectivity index (χ3v) is 2.94. The van der Waals surface area contributed by atoms with Crippen molar-refractivity contribution >= 4 is 11.9 Å². The molecule has 0 bridgehead atoms.